The van der Waals surface area contributed by atoms with Crippen LogP contribution in [-0.4, -0.2) is 25.4 Å². The van der Waals surface area contributed by atoms with E-state index in [2.05, 4.69) is 17.2 Å². The van der Waals surface area contributed by atoms with Gasteiger partial charge in [-0.2, -0.15) is 0 Å². The Bertz CT molecular complexity index is 162. The van der Waals surface area contributed by atoms with E-state index in [9.17, 15) is 9.13 Å². The summed E-state index contributed by atoms with van der Waals surface area (Å²) in [5.41, 5.74) is -0.567. The van der Waals surface area contributed by atoms with Gasteiger partial charge in [0, 0.05) is 0 Å². The largest absolute Gasteiger partial charge is 0.506 e. The lowest BCUT2D eigenvalue weighted by molar-refractivity contribution is 0.211. The van der Waals surface area contributed by atoms with Crippen LogP contribution in [0.15, 0.2) is 0 Å². The van der Waals surface area contributed by atoms with Crippen LogP contribution in [0.5, 0.6) is 0 Å². The van der Waals surface area contributed by atoms with Crippen LogP contribution < -0.4 is 0 Å². The minimum Gasteiger partial charge on any atom is -0.143 e. The first-order valence-electron chi connectivity index (χ1n) is 2.82. The fraction of sp³-hybridized carbons (Fsp3) is 1.00. The highest BCUT2D eigenvalue weighted by molar-refractivity contribution is 7.81. The molecule has 0 aromatic carbocycles. The molecule has 0 aliphatic heterocycles. The van der Waals surface area contributed by atoms with Gasteiger partial charge in [0.1, 0.15) is 6.61 Å². The maximum atomic E-state index is 10.4. The maximum Gasteiger partial charge on any atom is 0.506 e. The molecule has 11 heavy (non-hydrogen) atoms. The summed E-state index contributed by atoms with van der Waals surface area (Å²) in [7, 11) is -3.30. The summed E-state index contributed by atoms with van der Waals surface area (Å²) in [5.74, 6) is 0. The second kappa shape index (κ2) is 6.04. The first kappa shape index (κ1) is 11.5. The van der Waals surface area contributed by atoms with Crippen LogP contribution in [0, 0.1) is 0 Å². The molecule has 0 aliphatic carbocycles. The Labute approximate surface area is 72.8 Å². The van der Waals surface area contributed by atoms with E-state index < -0.39 is 21.5 Å². The Balaban J connectivity index is 3.44. The van der Waals surface area contributed by atoms with Crippen molar-refractivity contribution in [3.63, 3.8) is 0 Å². The number of rotatable bonds is 5. The predicted octanol–water partition coefficient (Wildman–Crippen LogP) is 2.02. The number of hydrogen-bond acceptors (Lipinski definition) is 5. The Morgan fingerprint density at radius 1 is 1.36 bits per heavy atom. The van der Waals surface area contributed by atoms with Crippen molar-refractivity contribution in [3.05, 3.63) is 0 Å². The molecule has 0 amide bonds. The van der Waals surface area contributed by atoms with Gasteiger partial charge in [0.15, 0.2) is 18.8 Å². The third kappa shape index (κ3) is 8.38. The standard InChI is InChI=1S/C4H9O4P2S/c1-9(5)7-3-4(11)8-10(2)6/h4H,3H2,1-2H3/q+1/p+1. The SMILES string of the molecule is C[P+](=O)OCC(S)O[P+](C)=O. The van der Waals surface area contributed by atoms with Crippen LogP contribution in [0.25, 0.3) is 0 Å². The highest BCUT2D eigenvalue weighted by atomic mass is 32.1. The Morgan fingerprint density at radius 2 is 1.91 bits per heavy atom. The third-order valence-electron chi connectivity index (χ3n) is 0.669. The summed E-state index contributed by atoms with van der Waals surface area (Å²) in [6, 6.07) is 0. The van der Waals surface area contributed by atoms with Gasteiger partial charge in [-0.15, -0.1) is 21.7 Å². The monoisotopic (exact) mass is 216 g/mol. The molecule has 64 valence electrons. The molecule has 0 radical (unpaired) electrons. The summed E-state index contributed by atoms with van der Waals surface area (Å²) < 4.78 is 30.2. The first-order chi connectivity index (χ1) is 5.02. The molecule has 0 heterocycles. The quantitative estimate of drug-likeness (QED) is 0.434. The lowest BCUT2D eigenvalue weighted by atomic mass is 10.8. The molecular formula is C4H10O4P2S+2. The van der Waals surface area contributed by atoms with Crippen molar-refractivity contribution in [2.75, 3.05) is 19.9 Å². The molecule has 3 unspecified atom stereocenters. The molecule has 3 atom stereocenters. The van der Waals surface area contributed by atoms with E-state index in [0.29, 0.717) is 0 Å². The molecule has 0 saturated heterocycles. The van der Waals surface area contributed by atoms with Gasteiger partial charge in [-0.05, 0) is 9.13 Å². The van der Waals surface area contributed by atoms with Gasteiger partial charge < -0.3 is 0 Å². The second-order valence-electron chi connectivity index (χ2n) is 1.74. The molecule has 0 aliphatic rings. The lowest BCUT2D eigenvalue weighted by Gasteiger charge is -1.95. The molecule has 0 fully saturated rings. The van der Waals surface area contributed by atoms with Gasteiger partial charge in [-0.3, -0.25) is 0 Å². The zero-order valence-electron chi connectivity index (χ0n) is 6.26. The molecule has 0 N–H and O–H groups in total. The smallest absolute Gasteiger partial charge is 0.143 e. The minimum absolute atomic E-state index is 0.0870. The van der Waals surface area contributed by atoms with Crippen LogP contribution >= 0.6 is 28.7 Å². The van der Waals surface area contributed by atoms with Crippen LogP contribution in [0.3, 0.4) is 0 Å². The minimum atomic E-state index is -1.67. The van der Waals surface area contributed by atoms with Crippen LogP contribution in [0.1, 0.15) is 0 Å². The predicted molar refractivity (Wildman–Crippen MR) is 46.9 cm³/mol. The highest BCUT2D eigenvalue weighted by Gasteiger charge is 2.19. The van der Waals surface area contributed by atoms with E-state index in [-0.39, 0.29) is 6.61 Å². The van der Waals surface area contributed by atoms with E-state index in [1.807, 2.05) is 0 Å². The van der Waals surface area contributed by atoms with Crippen molar-refractivity contribution in [2.45, 2.75) is 5.44 Å². The summed E-state index contributed by atoms with van der Waals surface area (Å²) in [5, 5.41) is 0. The van der Waals surface area contributed by atoms with Gasteiger partial charge in [-0.1, -0.05) is 0 Å². The van der Waals surface area contributed by atoms with Crippen molar-refractivity contribution in [3.8, 4) is 0 Å². The fourth-order valence-electron chi connectivity index (χ4n) is 0.371. The van der Waals surface area contributed by atoms with Crippen molar-refractivity contribution < 1.29 is 18.2 Å². The third-order valence-corrected chi connectivity index (χ3v) is 2.15. The molecule has 0 aromatic heterocycles. The summed E-state index contributed by atoms with van der Waals surface area (Å²) in [6.45, 7) is 2.94. The first-order valence-corrected chi connectivity index (χ1v) is 6.58. The van der Waals surface area contributed by atoms with E-state index in [1.54, 1.807) is 0 Å². The number of hydrogen-bond donors (Lipinski definition) is 1. The van der Waals surface area contributed by atoms with Crippen LogP contribution in [0.2, 0.25) is 0 Å². The Hall–Kier alpha value is 0.470. The van der Waals surface area contributed by atoms with Gasteiger partial charge in [-0.25, -0.2) is 0 Å². The molecule has 0 bridgehead atoms. The molecule has 0 spiro atoms. The molecule has 7 heteroatoms. The van der Waals surface area contributed by atoms with Crippen LogP contribution in [0.4, 0.5) is 0 Å². The fourth-order valence-corrected chi connectivity index (χ4v) is 1.71. The topological polar surface area (TPSA) is 52.6 Å². The molecular weight excluding hydrogens is 206 g/mol. The van der Waals surface area contributed by atoms with Gasteiger partial charge >= 0.3 is 16.1 Å². The van der Waals surface area contributed by atoms with Crippen LogP contribution in [-0.2, 0) is 18.2 Å². The molecule has 0 rings (SSSR count). The number of thiol groups is 1. The zero-order chi connectivity index (χ0) is 8.85. The van der Waals surface area contributed by atoms with Crippen molar-refractivity contribution in [2.24, 2.45) is 0 Å². The average Bonchev–Trinajstić information content (AvgIpc) is 1.82. The van der Waals surface area contributed by atoms with Crippen molar-refractivity contribution >= 4 is 28.7 Å². The molecule has 0 saturated carbocycles. The lowest BCUT2D eigenvalue weighted by Crippen LogP contribution is -2.06. The highest BCUT2D eigenvalue weighted by Crippen LogP contribution is 2.23. The van der Waals surface area contributed by atoms with Gasteiger partial charge in [0.2, 0.25) is 0 Å². The Kier molecular flexibility index (Phi) is 6.30. The Morgan fingerprint density at radius 3 is 2.27 bits per heavy atom. The average molecular weight is 216 g/mol. The normalized spacial score (nSPS) is 15.9. The zero-order valence-corrected chi connectivity index (χ0v) is 8.94. The van der Waals surface area contributed by atoms with Gasteiger partial charge in [0.05, 0.1) is 0 Å². The summed E-state index contributed by atoms with van der Waals surface area (Å²) in [6.07, 6.45) is 0. The van der Waals surface area contributed by atoms with E-state index in [0.717, 1.165) is 0 Å². The summed E-state index contributed by atoms with van der Waals surface area (Å²) in [4.78, 5) is 0. The van der Waals surface area contributed by atoms with Crippen molar-refractivity contribution in [1.29, 1.82) is 0 Å². The second-order valence-corrected chi connectivity index (χ2v) is 4.54. The summed E-state index contributed by atoms with van der Waals surface area (Å²) >= 11 is 3.88. The van der Waals surface area contributed by atoms with E-state index in [1.165, 1.54) is 13.3 Å². The maximum absolute atomic E-state index is 10.4. The molecule has 4 nitrogen and oxygen atoms in total. The van der Waals surface area contributed by atoms with Crippen molar-refractivity contribution in [1.82, 2.24) is 0 Å². The molecule has 0 aromatic rings. The van der Waals surface area contributed by atoms with Gasteiger partial charge in [0.25, 0.3) is 0 Å². The van der Waals surface area contributed by atoms with E-state index >= 15 is 0 Å². The van der Waals surface area contributed by atoms with E-state index in [4.69, 9.17) is 4.52 Å².